The Balaban J connectivity index is 0. The molecule has 3 radical (unpaired) electrons. The average molecular weight is 449 g/mol. The van der Waals surface area contributed by atoms with Crippen LogP contribution in [0.2, 0.25) is 0 Å². The van der Waals surface area contributed by atoms with Crippen LogP contribution < -0.4 is 0 Å². The van der Waals surface area contributed by atoms with Gasteiger partial charge in [-0.2, -0.15) is 0 Å². The zero-order valence-corrected chi connectivity index (χ0v) is 7.26. The van der Waals surface area contributed by atoms with Gasteiger partial charge in [-0.25, -0.2) is 0 Å². The van der Waals surface area contributed by atoms with Crippen molar-refractivity contribution >= 4 is 12.4 Å². The SMILES string of the molecule is Cl.[Ag].[Ag].[Au]. The van der Waals surface area contributed by atoms with E-state index in [-0.39, 0.29) is 79.5 Å². The molecule has 0 aliphatic carbocycles. The van der Waals surface area contributed by atoms with E-state index in [4.69, 9.17) is 0 Å². The van der Waals surface area contributed by atoms with E-state index in [0.29, 0.717) is 0 Å². The van der Waals surface area contributed by atoms with Crippen molar-refractivity contribution in [1.29, 1.82) is 0 Å². The van der Waals surface area contributed by atoms with Crippen LogP contribution in [0.5, 0.6) is 0 Å². The fraction of sp³-hybridized carbons (Fsp3) is 0. The number of halogens is 1. The van der Waals surface area contributed by atoms with E-state index in [9.17, 15) is 0 Å². The maximum Gasteiger partial charge on any atom is 0 e. The van der Waals surface area contributed by atoms with E-state index in [2.05, 4.69) is 0 Å². The van der Waals surface area contributed by atoms with Crippen LogP contribution in [0.4, 0.5) is 0 Å². The second-order valence-corrected chi connectivity index (χ2v) is 0. The minimum Gasteiger partial charge on any atom is -0.147 e. The fourth-order valence-corrected chi connectivity index (χ4v) is 0. The summed E-state index contributed by atoms with van der Waals surface area (Å²) < 4.78 is 0. The molecular formula is HAg2AuCl. The van der Waals surface area contributed by atoms with E-state index in [1.54, 1.807) is 0 Å². The van der Waals surface area contributed by atoms with Crippen molar-refractivity contribution in [3.05, 3.63) is 0 Å². The number of hydrogen-bond acceptors (Lipinski definition) is 0. The van der Waals surface area contributed by atoms with Gasteiger partial charge in [0.05, 0.1) is 0 Å². The van der Waals surface area contributed by atoms with Gasteiger partial charge >= 0.3 is 0 Å². The monoisotopic (exact) mass is 447 g/mol. The van der Waals surface area contributed by atoms with Gasteiger partial charge in [-0.3, -0.25) is 0 Å². The van der Waals surface area contributed by atoms with Gasteiger partial charge in [0.2, 0.25) is 0 Å². The predicted molar refractivity (Wildman–Crippen MR) is 7.25 cm³/mol. The Bertz CT molecular complexity index is 6.00. The van der Waals surface area contributed by atoms with Crippen LogP contribution in [0.3, 0.4) is 0 Å². The Labute approximate surface area is 78.4 Å². The number of rotatable bonds is 0. The summed E-state index contributed by atoms with van der Waals surface area (Å²) in [6, 6.07) is 0. The molecule has 0 aliphatic heterocycles. The van der Waals surface area contributed by atoms with Crippen molar-refractivity contribution in [3.63, 3.8) is 0 Å². The van der Waals surface area contributed by atoms with Crippen LogP contribution in [0.1, 0.15) is 0 Å². The number of hydrogen-bond donors (Lipinski definition) is 0. The first-order chi connectivity index (χ1) is 0. The summed E-state index contributed by atoms with van der Waals surface area (Å²) in [4.78, 5) is 0. The summed E-state index contributed by atoms with van der Waals surface area (Å²) in [5.74, 6) is 0. The van der Waals surface area contributed by atoms with Crippen molar-refractivity contribution in [2.75, 3.05) is 0 Å². The van der Waals surface area contributed by atoms with Crippen LogP contribution in [0, 0.1) is 0 Å². The molecule has 0 aliphatic rings. The molecular weight excluding hydrogens is 448 g/mol. The molecule has 0 atom stereocenters. The third-order valence-electron chi connectivity index (χ3n) is 0. The van der Waals surface area contributed by atoms with Crippen LogP contribution >= 0.6 is 12.4 Å². The minimum absolute atomic E-state index is 0. The largest absolute Gasteiger partial charge is 0.147 e. The molecule has 0 bridgehead atoms. The quantitative estimate of drug-likeness (QED) is 0.471. The molecule has 0 saturated heterocycles. The second-order valence-electron chi connectivity index (χ2n) is 0. The predicted octanol–water partition coefficient (Wildman–Crippen LogP) is 0.414. The van der Waals surface area contributed by atoms with E-state index < -0.39 is 0 Å². The first-order valence-corrected chi connectivity index (χ1v) is 0. The average Bonchev–Trinajstić information content (AvgIpc) is 0. The molecule has 0 rings (SSSR count). The van der Waals surface area contributed by atoms with Crippen LogP contribution in [0.15, 0.2) is 0 Å². The van der Waals surface area contributed by atoms with Gasteiger partial charge in [-0.15, -0.1) is 12.4 Å². The van der Waals surface area contributed by atoms with E-state index in [1.807, 2.05) is 0 Å². The van der Waals surface area contributed by atoms with Crippen LogP contribution in [0.25, 0.3) is 0 Å². The molecule has 0 N–H and O–H groups in total. The fourth-order valence-electron chi connectivity index (χ4n) is 0. The molecule has 0 aromatic carbocycles. The molecule has 0 spiro atoms. The summed E-state index contributed by atoms with van der Waals surface area (Å²) >= 11 is 0. The van der Waals surface area contributed by atoms with Gasteiger partial charge in [-0.05, 0) is 0 Å². The van der Waals surface area contributed by atoms with Gasteiger partial charge in [0.15, 0.2) is 0 Å². The molecule has 0 saturated carbocycles. The summed E-state index contributed by atoms with van der Waals surface area (Å²) in [5.41, 5.74) is 0. The molecule has 4 heteroatoms. The van der Waals surface area contributed by atoms with Gasteiger partial charge in [-0.1, -0.05) is 0 Å². The van der Waals surface area contributed by atoms with Gasteiger partial charge in [0, 0.05) is 67.1 Å². The molecule has 41 valence electrons. The Hall–Kier alpha value is 2.51. The van der Waals surface area contributed by atoms with Crippen LogP contribution in [-0.2, 0) is 67.1 Å². The van der Waals surface area contributed by atoms with Gasteiger partial charge in [0.1, 0.15) is 0 Å². The van der Waals surface area contributed by atoms with E-state index >= 15 is 0 Å². The van der Waals surface area contributed by atoms with Crippen molar-refractivity contribution in [2.24, 2.45) is 0 Å². The summed E-state index contributed by atoms with van der Waals surface area (Å²) in [6.45, 7) is 0. The molecule has 0 amide bonds. The third kappa shape index (κ3) is 8.82. The molecule has 0 unspecified atom stereocenters. The molecule has 0 fully saturated rings. The zero-order chi connectivity index (χ0) is 0. The normalized spacial score (nSPS) is 0. The van der Waals surface area contributed by atoms with Crippen molar-refractivity contribution in [1.82, 2.24) is 0 Å². The standard InChI is InChI=1S/2Ag.Au.ClH/h;;;1H. The van der Waals surface area contributed by atoms with Gasteiger partial charge < -0.3 is 0 Å². The molecule has 4 heavy (non-hydrogen) atoms. The van der Waals surface area contributed by atoms with Crippen molar-refractivity contribution in [2.45, 2.75) is 0 Å². The molecule has 0 aromatic rings. The second kappa shape index (κ2) is 17.8. The molecule has 0 aromatic heterocycles. The maximum atomic E-state index is 0. The zero-order valence-electron chi connectivity index (χ0n) is 1.31. The Morgan fingerprint density at radius 1 is 0.750 bits per heavy atom. The first-order valence-electron chi connectivity index (χ1n) is 0. The summed E-state index contributed by atoms with van der Waals surface area (Å²) in [5, 5.41) is 0. The summed E-state index contributed by atoms with van der Waals surface area (Å²) in [6.07, 6.45) is 0. The van der Waals surface area contributed by atoms with Crippen LogP contribution in [-0.4, -0.2) is 0 Å². The molecule has 0 heterocycles. The minimum atomic E-state index is 0. The van der Waals surface area contributed by atoms with E-state index in [1.165, 1.54) is 0 Å². The maximum absolute atomic E-state index is 0. The topological polar surface area (TPSA) is 0 Å². The van der Waals surface area contributed by atoms with Crippen molar-refractivity contribution in [3.8, 4) is 0 Å². The molecule has 0 nitrogen and oxygen atoms in total. The van der Waals surface area contributed by atoms with Crippen molar-refractivity contribution < 1.29 is 67.1 Å². The smallest absolute Gasteiger partial charge is 0 e. The Kier molecular flexibility index (Phi) is 139. The first kappa shape index (κ1) is 31.4. The Morgan fingerprint density at radius 2 is 0.750 bits per heavy atom. The van der Waals surface area contributed by atoms with Gasteiger partial charge in [0.25, 0.3) is 0 Å². The summed E-state index contributed by atoms with van der Waals surface area (Å²) in [7, 11) is 0. The third-order valence-corrected chi connectivity index (χ3v) is 0. The van der Waals surface area contributed by atoms with E-state index in [0.717, 1.165) is 0 Å². The Morgan fingerprint density at radius 3 is 0.750 bits per heavy atom.